The zero-order valence-corrected chi connectivity index (χ0v) is 53.1. The van der Waals surface area contributed by atoms with Crippen molar-refractivity contribution in [1.82, 2.24) is 23.3 Å². The van der Waals surface area contributed by atoms with Gasteiger partial charge in [-0.05, 0) is 209 Å². The molecule has 0 N–H and O–H groups in total. The number of hydrogen-bond acceptors (Lipinski definition) is 2. The van der Waals surface area contributed by atoms with Crippen LogP contribution >= 0.6 is 0 Å². The van der Waals surface area contributed by atoms with Crippen LogP contribution in [-0.2, 0) is 5.41 Å². The zero-order chi connectivity index (χ0) is 62.6. The number of hydrogen-bond donors (Lipinski definition) is 0. The molecule has 5 heterocycles. The zero-order valence-electron chi connectivity index (χ0n) is 53.1. The van der Waals surface area contributed by atoms with Gasteiger partial charge in [0, 0.05) is 66.6 Å². The van der Waals surface area contributed by atoms with E-state index in [1.165, 1.54) is 77.9 Å². The van der Waals surface area contributed by atoms with Crippen molar-refractivity contribution < 1.29 is 0 Å². The van der Waals surface area contributed by atoms with Crippen LogP contribution in [0.3, 0.4) is 0 Å². The second-order valence-electron chi connectivity index (χ2n) is 26.8. The van der Waals surface area contributed by atoms with Crippen molar-refractivity contribution >= 4 is 87.2 Å². The van der Waals surface area contributed by atoms with Crippen molar-refractivity contribution in [2.75, 3.05) is 0 Å². The summed E-state index contributed by atoms with van der Waals surface area (Å²) in [6.45, 7) is 17.6. The van der Waals surface area contributed by atoms with Crippen LogP contribution in [0.4, 0.5) is 0 Å². The van der Waals surface area contributed by atoms with Crippen LogP contribution in [0.5, 0.6) is 0 Å². The number of nitriles is 1. The van der Waals surface area contributed by atoms with Gasteiger partial charge in [0.25, 0.3) is 0 Å². The van der Waals surface area contributed by atoms with Crippen LogP contribution in [0.15, 0.2) is 231 Å². The number of benzene rings is 12. The second-order valence-corrected chi connectivity index (χ2v) is 26.8. The number of rotatable bonds is 5. The van der Waals surface area contributed by atoms with Crippen LogP contribution in [0.25, 0.3) is 143 Å². The van der Waals surface area contributed by atoms with E-state index in [2.05, 4.69) is 304 Å². The van der Waals surface area contributed by atoms with Gasteiger partial charge in [0.2, 0.25) is 0 Å². The summed E-state index contributed by atoms with van der Waals surface area (Å²) < 4.78 is 10.0. The highest BCUT2D eigenvalue weighted by Crippen LogP contribution is 2.64. The standard InChI is InChI=1S/C87H62N6/c1-48-17-27-74-60(37-48)61-38-49(2)18-28-75(61)90(74)83-68(46-88)84(91-76-29-19-50(3)39-62(76)63-40-51(4)20-30-77(63)91)86(93-80-33-23-54(7)43-66(80)67-44-55(8)24-34-81(67)93)82(85(83)92-78-31-21-52(5)41-64(78)65-42-53(6)22-32-79(65)92)56-25-26-59-69-47-89-36-35-72(69)87(73(59)45-56)70-15-11-9-13-57(70)58-14-10-12-16-71(58)87/h9-45,47H,1-8H3. The van der Waals surface area contributed by atoms with Gasteiger partial charge in [-0.3, -0.25) is 4.98 Å². The van der Waals surface area contributed by atoms with Crippen molar-refractivity contribution in [1.29, 1.82) is 5.26 Å². The topological polar surface area (TPSA) is 56.4 Å². The molecule has 0 bridgehead atoms. The van der Waals surface area contributed by atoms with Gasteiger partial charge in [-0.25, -0.2) is 0 Å². The molecule has 0 atom stereocenters. The summed E-state index contributed by atoms with van der Waals surface area (Å²) in [5.41, 5.74) is 32.5. The molecule has 1 spiro atoms. The largest absolute Gasteiger partial charge is 0.306 e. The van der Waals surface area contributed by atoms with Crippen molar-refractivity contribution in [2.45, 2.75) is 60.8 Å². The molecule has 19 rings (SSSR count). The van der Waals surface area contributed by atoms with Crippen LogP contribution in [0, 0.1) is 66.7 Å². The fourth-order valence-electron chi connectivity index (χ4n) is 17.1. The van der Waals surface area contributed by atoms with E-state index in [1.54, 1.807) is 0 Å². The normalized spacial score (nSPS) is 13.0. The predicted octanol–water partition coefficient (Wildman–Crippen LogP) is 21.8. The Hall–Kier alpha value is -11.5. The van der Waals surface area contributed by atoms with E-state index in [1.807, 2.05) is 6.20 Å². The van der Waals surface area contributed by atoms with E-state index < -0.39 is 5.41 Å². The van der Waals surface area contributed by atoms with Gasteiger partial charge in [-0.15, -0.1) is 0 Å². The average Bonchev–Trinajstić information content (AvgIpc) is 1.56. The molecule has 17 aromatic rings. The first kappa shape index (κ1) is 53.3. The number of nitrogens with zero attached hydrogens (tertiary/aromatic N) is 6. The highest BCUT2D eigenvalue weighted by molar-refractivity contribution is 6.18. The fourth-order valence-corrected chi connectivity index (χ4v) is 17.1. The molecule has 0 saturated carbocycles. The van der Waals surface area contributed by atoms with Crippen LogP contribution < -0.4 is 0 Å². The second kappa shape index (κ2) is 19.0. The van der Waals surface area contributed by atoms with Gasteiger partial charge >= 0.3 is 0 Å². The van der Waals surface area contributed by atoms with Gasteiger partial charge < -0.3 is 18.3 Å². The van der Waals surface area contributed by atoms with E-state index in [9.17, 15) is 5.26 Å². The molecule has 0 aliphatic heterocycles. The van der Waals surface area contributed by atoms with Crippen molar-refractivity contribution in [3.63, 3.8) is 0 Å². The van der Waals surface area contributed by atoms with E-state index in [4.69, 9.17) is 4.98 Å². The van der Waals surface area contributed by atoms with Crippen LogP contribution in [0.2, 0.25) is 0 Å². The Morgan fingerprint density at radius 3 is 0.935 bits per heavy atom. The summed E-state index contributed by atoms with van der Waals surface area (Å²) in [6, 6.07) is 86.2. The molecule has 0 saturated heterocycles. The Bertz CT molecular complexity index is 5720. The Morgan fingerprint density at radius 2 is 0.602 bits per heavy atom. The molecule has 6 nitrogen and oxygen atoms in total. The van der Waals surface area contributed by atoms with Gasteiger partial charge in [-0.1, -0.05) is 154 Å². The van der Waals surface area contributed by atoms with Gasteiger partial charge in [0.15, 0.2) is 0 Å². The van der Waals surface area contributed by atoms with E-state index in [0.29, 0.717) is 5.56 Å². The molecular weight excluding hydrogens is 1130 g/mol. The van der Waals surface area contributed by atoms with Crippen molar-refractivity contribution in [2.24, 2.45) is 0 Å². The SMILES string of the molecule is Cc1ccc2c(c1)c1cc(C)ccc1n2-c1c(C#N)c(-n2c3ccc(C)cc3c3cc(C)ccc32)c(-n2c3ccc(C)cc3c3cc(C)ccc32)c(-c2ccc3c(c2)C2(c4ccccc4-c4ccccc42)c2ccncc2-3)c1-n1c2ccc(C)cc2c2cc(C)ccc21. The third kappa shape index (κ3) is 7.09. The Labute approximate surface area is 538 Å². The molecule has 0 amide bonds. The number of aryl methyl sites for hydroxylation is 8. The Kier molecular flexibility index (Phi) is 10.9. The molecule has 0 radical (unpaired) electrons. The summed E-state index contributed by atoms with van der Waals surface area (Å²) in [7, 11) is 0. The van der Waals surface area contributed by atoms with E-state index in [0.717, 1.165) is 132 Å². The maximum atomic E-state index is 13.4. The monoisotopic (exact) mass is 1190 g/mol. The molecule has 12 aromatic carbocycles. The summed E-state index contributed by atoms with van der Waals surface area (Å²) in [4.78, 5) is 4.92. The summed E-state index contributed by atoms with van der Waals surface area (Å²) in [5, 5.41) is 22.5. The summed E-state index contributed by atoms with van der Waals surface area (Å²) in [6.07, 6.45) is 4.07. The number of pyridine rings is 1. The quantitative estimate of drug-likeness (QED) is 0.172. The van der Waals surface area contributed by atoms with Gasteiger partial charge in [0.1, 0.15) is 11.6 Å². The molecule has 5 aromatic heterocycles. The van der Waals surface area contributed by atoms with Gasteiger partial charge in [0.05, 0.1) is 72.3 Å². The average molecular weight is 1190 g/mol. The molecule has 6 heteroatoms. The maximum absolute atomic E-state index is 13.4. The lowest BCUT2D eigenvalue weighted by Gasteiger charge is -2.32. The molecular formula is C87H62N6. The number of aromatic nitrogens is 5. The predicted molar refractivity (Wildman–Crippen MR) is 386 cm³/mol. The highest BCUT2D eigenvalue weighted by Gasteiger charge is 2.52. The lowest BCUT2D eigenvalue weighted by Crippen LogP contribution is -2.26. The highest BCUT2D eigenvalue weighted by atomic mass is 15.1. The first-order chi connectivity index (χ1) is 45.4. The lowest BCUT2D eigenvalue weighted by molar-refractivity contribution is 0.792. The molecule has 440 valence electrons. The molecule has 0 unspecified atom stereocenters. The minimum atomic E-state index is -0.704. The summed E-state index contributed by atoms with van der Waals surface area (Å²) in [5.74, 6) is 0. The van der Waals surface area contributed by atoms with Crippen molar-refractivity contribution in [3.05, 3.63) is 303 Å². The first-order valence-corrected chi connectivity index (χ1v) is 32.4. The van der Waals surface area contributed by atoms with Crippen LogP contribution in [-0.4, -0.2) is 23.3 Å². The maximum Gasteiger partial charge on any atom is 0.104 e. The minimum Gasteiger partial charge on any atom is -0.306 e. The Balaban J connectivity index is 1.14. The van der Waals surface area contributed by atoms with Crippen molar-refractivity contribution in [3.8, 4) is 62.2 Å². The molecule has 2 aliphatic carbocycles. The lowest BCUT2D eigenvalue weighted by atomic mass is 9.70. The number of fused-ring (bicyclic) bond motifs is 22. The third-order valence-corrected chi connectivity index (χ3v) is 20.9. The van der Waals surface area contributed by atoms with E-state index in [-0.39, 0.29) is 0 Å². The molecule has 0 fully saturated rings. The molecule has 93 heavy (non-hydrogen) atoms. The molecule has 2 aliphatic rings. The Morgan fingerprint density at radius 1 is 0.301 bits per heavy atom. The fraction of sp³-hybridized carbons (Fsp3) is 0.103. The third-order valence-electron chi connectivity index (χ3n) is 20.9. The smallest absolute Gasteiger partial charge is 0.104 e. The van der Waals surface area contributed by atoms with Crippen LogP contribution in [0.1, 0.15) is 72.3 Å². The summed E-state index contributed by atoms with van der Waals surface area (Å²) >= 11 is 0. The van der Waals surface area contributed by atoms with E-state index >= 15 is 0 Å². The first-order valence-electron chi connectivity index (χ1n) is 32.4. The minimum absolute atomic E-state index is 0.543. The van der Waals surface area contributed by atoms with Gasteiger partial charge in [-0.2, -0.15) is 5.26 Å².